The quantitative estimate of drug-likeness (QED) is 0.393. The van der Waals surface area contributed by atoms with Gasteiger partial charge >= 0.3 is 0 Å². The number of allylic oxidation sites excluding steroid dienone is 2. The number of aliphatic hydroxyl groups excluding tert-OH is 2. The van der Waals surface area contributed by atoms with E-state index >= 15 is 0 Å². The van der Waals surface area contributed by atoms with E-state index in [9.17, 15) is 10.2 Å². The van der Waals surface area contributed by atoms with Crippen LogP contribution in [0.25, 0.3) is 0 Å². The second-order valence-electron chi connectivity index (χ2n) is 12.7. The first-order chi connectivity index (χ1) is 14.5. The Hall–Kier alpha value is -0.340. The van der Waals surface area contributed by atoms with Crippen molar-refractivity contribution in [2.24, 2.45) is 46.3 Å². The fourth-order valence-corrected chi connectivity index (χ4v) is 8.28. The summed E-state index contributed by atoms with van der Waals surface area (Å²) in [6.45, 7) is 16.6. The lowest BCUT2D eigenvalue weighted by Crippen LogP contribution is -2.58. The highest BCUT2D eigenvalue weighted by atomic mass is 16.3. The first-order valence-electron chi connectivity index (χ1n) is 13.5. The van der Waals surface area contributed by atoms with Gasteiger partial charge in [-0.3, -0.25) is 0 Å². The Morgan fingerprint density at radius 2 is 1.84 bits per heavy atom. The Morgan fingerprint density at radius 1 is 1.13 bits per heavy atom. The average Bonchev–Trinajstić information content (AvgIpc) is 3.18. The first kappa shape index (κ1) is 25.3. The summed E-state index contributed by atoms with van der Waals surface area (Å²) in [5.74, 6) is 3.32. The third-order valence-corrected chi connectivity index (χ3v) is 10.8. The molecule has 0 radical (unpaired) electrons. The van der Waals surface area contributed by atoms with Crippen LogP contribution >= 0.6 is 0 Å². The van der Waals surface area contributed by atoms with Crippen LogP contribution in [0.4, 0.5) is 0 Å². The topological polar surface area (TPSA) is 40.5 Å². The van der Waals surface area contributed by atoms with Gasteiger partial charge in [0, 0.05) is 0 Å². The molecule has 0 saturated heterocycles. The van der Waals surface area contributed by atoms with Crippen molar-refractivity contribution < 1.29 is 10.2 Å². The van der Waals surface area contributed by atoms with E-state index < -0.39 is 0 Å². The minimum atomic E-state index is -0.264. The minimum absolute atomic E-state index is 0.234. The van der Waals surface area contributed by atoms with Crippen LogP contribution in [0.2, 0.25) is 0 Å². The molecule has 3 fully saturated rings. The first-order valence-corrected chi connectivity index (χ1v) is 13.5. The molecule has 10 unspecified atom stereocenters. The molecule has 0 aromatic heterocycles. The molecule has 0 heterocycles. The largest absolute Gasteiger partial charge is 0.393 e. The molecule has 0 aromatic carbocycles. The highest BCUT2D eigenvalue weighted by Crippen LogP contribution is 2.68. The highest BCUT2D eigenvalue weighted by molar-refractivity contribution is 5.11. The van der Waals surface area contributed by atoms with Gasteiger partial charge in [-0.15, -0.1) is 0 Å². The maximum Gasteiger partial charge on any atom is 0.0577 e. The number of aliphatic hydroxyl groups is 2. The molecule has 3 rings (SSSR count). The molecule has 2 nitrogen and oxygen atoms in total. The van der Waals surface area contributed by atoms with Crippen molar-refractivity contribution >= 4 is 0 Å². The van der Waals surface area contributed by atoms with E-state index in [2.05, 4.69) is 54.5 Å². The van der Waals surface area contributed by atoms with Crippen LogP contribution in [-0.4, -0.2) is 22.4 Å². The molecule has 3 saturated carbocycles. The highest BCUT2D eigenvalue weighted by Gasteiger charge is 2.62. The lowest BCUT2D eigenvalue weighted by molar-refractivity contribution is -0.170. The summed E-state index contributed by atoms with van der Waals surface area (Å²) in [7, 11) is 0. The van der Waals surface area contributed by atoms with Crippen molar-refractivity contribution in [2.75, 3.05) is 0 Å². The molecule has 0 aliphatic heterocycles. The van der Waals surface area contributed by atoms with Gasteiger partial charge in [-0.25, -0.2) is 0 Å². The SMILES string of the molecule is CCC(C)CCC1(C)C(C)CCC2(C)C3CCC(C(O)CCC=C(C)C)C3C(O)CC12. The zero-order valence-corrected chi connectivity index (χ0v) is 21.7. The standard InChI is InChI=1S/C29H52O2/c1-8-20(4)14-16-28(6)21(5)15-17-29(7)23-13-12-22(24(30)11-9-10-19(2)3)27(23)25(31)18-26(28)29/h10,20-27,30-31H,8-9,11-18H2,1-7H3. The molecular weight excluding hydrogens is 380 g/mol. The van der Waals surface area contributed by atoms with Crippen LogP contribution in [0, 0.1) is 46.3 Å². The van der Waals surface area contributed by atoms with Crippen LogP contribution in [0.5, 0.6) is 0 Å². The van der Waals surface area contributed by atoms with Crippen molar-refractivity contribution in [3.05, 3.63) is 11.6 Å². The van der Waals surface area contributed by atoms with Crippen molar-refractivity contribution in [1.29, 1.82) is 0 Å². The number of hydrogen-bond donors (Lipinski definition) is 2. The van der Waals surface area contributed by atoms with Crippen LogP contribution in [-0.2, 0) is 0 Å². The predicted molar refractivity (Wildman–Crippen MR) is 132 cm³/mol. The van der Waals surface area contributed by atoms with Crippen LogP contribution in [0.3, 0.4) is 0 Å². The lowest BCUT2D eigenvalue weighted by atomic mass is 9.42. The van der Waals surface area contributed by atoms with E-state index in [1.165, 1.54) is 44.1 Å². The Morgan fingerprint density at radius 3 is 2.48 bits per heavy atom. The second kappa shape index (κ2) is 9.88. The maximum absolute atomic E-state index is 11.5. The van der Waals surface area contributed by atoms with Crippen molar-refractivity contribution in [3.63, 3.8) is 0 Å². The summed E-state index contributed by atoms with van der Waals surface area (Å²) in [5, 5.41) is 22.6. The van der Waals surface area contributed by atoms with Crippen molar-refractivity contribution in [1.82, 2.24) is 0 Å². The van der Waals surface area contributed by atoms with Gasteiger partial charge < -0.3 is 10.2 Å². The van der Waals surface area contributed by atoms with Crippen molar-refractivity contribution in [3.8, 4) is 0 Å². The number of fused-ring (bicyclic) bond motifs is 3. The molecular formula is C29H52O2. The van der Waals surface area contributed by atoms with Gasteiger partial charge in [0.2, 0.25) is 0 Å². The molecule has 180 valence electrons. The molecule has 10 atom stereocenters. The second-order valence-corrected chi connectivity index (χ2v) is 12.7. The van der Waals surface area contributed by atoms with Gasteiger partial charge in [0.05, 0.1) is 12.2 Å². The predicted octanol–water partition coefficient (Wildman–Crippen LogP) is 7.39. The summed E-state index contributed by atoms with van der Waals surface area (Å²) in [6.07, 6.45) is 13.3. The van der Waals surface area contributed by atoms with Gasteiger partial charge in [0.25, 0.3) is 0 Å². The molecule has 0 bridgehead atoms. The van der Waals surface area contributed by atoms with Gasteiger partial charge in [0.15, 0.2) is 0 Å². The molecule has 31 heavy (non-hydrogen) atoms. The summed E-state index contributed by atoms with van der Waals surface area (Å²) < 4.78 is 0. The monoisotopic (exact) mass is 432 g/mol. The van der Waals surface area contributed by atoms with Gasteiger partial charge in [-0.1, -0.05) is 59.1 Å². The summed E-state index contributed by atoms with van der Waals surface area (Å²) in [6, 6.07) is 0. The van der Waals surface area contributed by atoms with Crippen LogP contribution < -0.4 is 0 Å². The normalized spacial score (nSPS) is 44.3. The summed E-state index contributed by atoms with van der Waals surface area (Å²) in [5.41, 5.74) is 2.00. The van der Waals surface area contributed by atoms with E-state index in [0.29, 0.717) is 28.6 Å². The minimum Gasteiger partial charge on any atom is -0.393 e. The molecule has 2 N–H and O–H groups in total. The van der Waals surface area contributed by atoms with Gasteiger partial charge in [-0.2, -0.15) is 0 Å². The molecule has 3 aliphatic rings. The molecule has 0 amide bonds. The maximum atomic E-state index is 11.5. The number of hydrogen-bond acceptors (Lipinski definition) is 2. The fraction of sp³-hybridized carbons (Fsp3) is 0.931. The molecule has 0 spiro atoms. The third kappa shape index (κ3) is 4.81. The molecule has 3 aliphatic carbocycles. The summed E-state index contributed by atoms with van der Waals surface area (Å²) >= 11 is 0. The molecule has 0 aromatic rings. The Labute approximate surface area is 193 Å². The smallest absolute Gasteiger partial charge is 0.0577 e. The Bertz CT molecular complexity index is 622. The van der Waals surface area contributed by atoms with Crippen LogP contribution in [0.15, 0.2) is 11.6 Å². The average molecular weight is 433 g/mol. The Kier molecular flexibility index (Phi) is 8.06. The third-order valence-electron chi connectivity index (χ3n) is 10.8. The van der Waals surface area contributed by atoms with Gasteiger partial charge in [-0.05, 0) is 112 Å². The number of rotatable bonds is 8. The fourth-order valence-electron chi connectivity index (χ4n) is 8.28. The van der Waals surface area contributed by atoms with E-state index in [1.807, 2.05) is 0 Å². The van der Waals surface area contributed by atoms with Crippen molar-refractivity contribution in [2.45, 2.75) is 125 Å². The van der Waals surface area contributed by atoms with E-state index in [4.69, 9.17) is 0 Å². The van der Waals surface area contributed by atoms with E-state index in [1.54, 1.807) is 0 Å². The molecule has 2 heteroatoms. The summed E-state index contributed by atoms with van der Waals surface area (Å²) in [4.78, 5) is 0. The Balaban J connectivity index is 1.79. The lowest BCUT2D eigenvalue weighted by Gasteiger charge is -2.63. The van der Waals surface area contributed by atoms with E-state index in [0.717, 1.165) is 37.5 Å². The van der Waals surface area contributed by atoms with Gasteiger partial charge in [0.1, 0.15) is 0 Å². The van der Waals surface area contributed by atoms with E-state index in [-0.39, 0.29) is 18.1 Å². The zero-order valence-electron chi connectivity index (χ0n) is 21.7. The van der Waals surface area contributed by atoms with Crippen LogP contribution in [0.1, 0.15) is 113 Å². The zero-order chi connectivity index (χ0) is 23.0.